The van der Waals surface area contributed by atoms with Crippen LogP contribution in [0.5, 0.6) is 0 Å². The van der Waals surface area contributed by atoms with Crippen molar-refractivity contribution in [2.24, 2.45) is 5.10 Å². The van der Waals surface area contributed by atoms with E-state index < -0.39 is 0 Å². The maximum Gasteiger partial charge on any atom is 0.274 e. The monoisotopic (exact) mass is 202 g/mol. The Balaban J connectivity index is 2.26. The molecule has 0 saturated carbocycles. The molecule has 1 aromatic rings. The van der Waals surface area contributed by atoms with E-state index in [0.717, 1.165) is 6.42 Å². The van der Waals surface area contributed by atoms with Crippen LogP contribution >= 0.6 is 0 Å². The Bertz CT molecular complexity index is 395. The first-order chi connectivity index (χ1) is 7.11. The van der Waals surface area contributed by atoms with Crippen LogP contribution in [0, 0.1) is 0 Å². The Labute approximate surface area is 89.4 Å². The number of carbonyl (C=O) groups excluding carboxylic acids is 1. The maximum absolute atomic E-state index is 12.1. The first-order valence-corrected chi connectivity index (χ1v) is 5.03. The molecule has 0 fully saturated rings. The summed E-state index contributed by atoms with van der Waals surface area (Å²) in [4.78, 5) is 12.1. The van der Waals surface area contributed by atoms with Crippen LogP contribution in [0.15, 0.2) is 35.4 Å². The lowest BCUT2D eigenvalue weighted by atomic mass is 10.0. The molecular formula is C12H14N2O. The number of rotatable bonds is 1. The van der Waals surface area contributed by atoms with E-state index >= 15 is 0 Å². The van der Waals surface area contributed by atoms with Gasteiger partial charge in [0.15, 0.2) is 0 Å². The minimum absolute atomic E-state index is 0.0330. The third-order valence-electron chi connectivity index (χ3n) is 2.57. The van der Waals surface area contributed by atoms with Crippen molar-refractivity contribution in [1.82, 2.24) is 5.01 Å². The molecule has 0 aromatic heterocycles. The van der Waals surface area contributed by atoms with E-state index in [1.807, 2.05) is 44.2 Å². The summed E-state index contributed by atoms with van der Waals surface area (Å²) in [5.41, 5.74) is 0.483. The molecule has 0 saturated heterocycles. The smallest absolute Gasteiger partial charge is 0.267 e. The first-order valence-electron chi connectivity index (χ1n) is 5.03. The van der Waals surface area contributed by atoms with Gasteiger partial charge in [-0.05, 0) is 26.0 Å². The van der Waals surface area contributed by atoms with Gasteiger partial charge in [-0.3, -0.25) is 4.79 Å². The van der Waals surface area contributed by atoms with E-state index in [1.54, 1.807) is 11.2 Å². The van der Waals surface area contributed by atoms with Crippen molar-refractivity contribution in [3.63, 3.8) is 0 Å². The van der Waals surface area contributed by atoms with Gasteiger partial charge in [0.1, 0.15) is 0 Å². The molecular weight excluding hydrogens is 188 g/mol. The van der Waals surface area contributed by atoms with Gasteiger partial charge in [-0.25, -0.2) is 5.01 Å². The Morgan fingerprint density at radius 3 is 2.53 bits per heavy atom. The largest absolute Gasteiger partial charge is 0.274 e. The van der Waals surface area contributed by atoms with Crippen LogP contribution in [0.25, 0.3) is 0 Å². The van der Waals surface area contributed by atoms with Crippen molar-refractivity contribution >= 4 is 12.1 Å². The lowest BCUT2D eigenvalue weighted by Gasteiger charge is -2.28. The molecule has 15 heavy (non-hydrogen) atoms. The molecule has 0 unspecified atom stereocenters. The van der Waals surface area contributed by atoms with Crippen LogP contribution in [0.1, 0.15) is 30.6 Å². The molecule has 0 bridgehead atoms. The number of carbonyl (C=O) groups is 1. The van der Waals surface area contributed by atoms with Crippen molar-refractivity contribution in [2.75, 3.05) is 0 Å². The average Bonchev–Trinajstić information content (AvgIpc) is 2.58. The maximum atomic E-state index is 12.1. The summed E-state index contributed by atoms with van der Waals surface area (Å²) in [7, 11) is 0. The van der Waals surface area contributed by atoms with Gasteiger partial charge in [0.2, 0.25) is 0 Å². The molecule has 1 aromatic carbocycles. The first kappa shape index (κ1) is 9.90. The van der Waals surface area contributed by atoms with Crippen LogP contribution in [-0.4, -0.2) is 22.7 Å². The number of benzene rings is 1. The van der Waals surface area contributed by atoms with E-state index in [-0.39, 0.29) is 11.4 Å². The average molecular weight is 202 g/mol. The molecule has 1 amide bonds. The van der Waals surface area contributed by atoms with E-state index in [0.29, 0.717) is 5.56 Å². The Morgan fingerprint density at radius 2 is 2.00 bits per heavy atom. The standard InChI is InChI=1S/C12H14N2O/c1-12(2)8-9-13-14(12)11(15)10-6-4-3-5-7-10/h3-7,9H,8H2,1-2H3. The van der Waals surface area contributed by atoms with Gasteiger partial charge in [-0.15, -0.1) is 0 Å². The van der Waals surface area contributed by atoms with Gasteiger partial charge in [0.05, 0.1) is 5.54 Å². The molecule has 0 spiro atoms. The second kappa shape index (κ2) is 3.50. The fourth-order valence-corrected chi connectivity index (χ4v) is 1.62. The summed E-state index contributed by atoms with van der Waals surface area (Å²) >= 11 is 0. The van der Waals surface area contributed by atoms with Crippen molar-refractivity contribution in [2.45, 2.75) is 25.8 Å². The zero-order chi connectivity index (χ0) is 10.9. The van der Waals surface area contributed by atoms with Crippen LogP contribution in [0.4, 0.5) is 0 Å². The van der Waals surface area contributed by atoms with E-state index in [4.69, 9.17) is 0 Å². The fraction of sp³-hybridized carbons (Fsp3) is 0.333. The molecule has 1 heterocycles. The second-order valence-corrected chi connectivity index (χ2v) is 4.30. The van der Waals surface area contributed by atoms with Crippen LogP contribution in [0.3, 0.4) is 0 Å². The summed E-state index contributed by atoms with van der Waals surface area (Å²) in [6.45, 7) is 4.03. The highest BCUT2D eigenvalue weighted by atomic mass is 16.2. The Hall–Kier alpha value is -1.64. The molecule has 78 valence electrons. The zero-order valence-electron chi connectivity index (χ0n) is 8.97. The highest BCUT2D eigenvalue weighted by Crippen LogP contribution is 2.25. The van der Waals surface area contributed by atoms with Gasteiger partial charge in [-0.1, -0.05) is 18.2 Å². The second-order valence-electron chi connectivity index (χ2n) is 4.30. The predicted molar refractivity (Wildman–Crippen MR) is 59.8 cm³/mol. The molecule has 0 radical (unpaired) electrons. The van der Waals surface area contributed by atoms with Gasteiger partial charge in [-0.2, -0.15) is 5.10 Å². The van der Waals surface area contributed by atoms with E-state index in [2.05, 4.69) is 5.10 Å². The molecule has 0 atom stereocenters. The summed E-state index contributed by atoms with van der Waals surface area (Å²) in [5.74, 6) is -0.0330. The minimum Gasteiger partial charge on any atom is -0.267 e. The topological polar surface area (TPSA) is 32.7 Å². The van der Waals surface area contributed by atoms with Crippen molar-refractivity contribution < 1.29 is 4.79 Å². The van der Waals surface area contributed by atoms with Gasteiger partial charge in [0, 0.05) is 18.2 Å². The summed E-state index contributed by atoms with van der Waals surface area (Å²) in [5, 5.41) is 5.68. The fourth-order valence-electron chi connectivity index (χ4n) is 1.62. The van der Waals surface area contributed by atoms with Crippen LogP contribution < -0.4 is 0 Å². The van der Waals surface area contributed by atoms with E-state index in [1.165, 1.54) is 0 Å². The van der Waals surface area contributed by atoms with Crippen molar-refractivity contribution in [3.05, 3.63) is 35.9 Å². The van der Waals surface area contributed by atoms with Crippen LogP contribution in [-0.2, 0) is 0 Å². The molecule has 3 nitrogen and oxygen atoms in total. The minimum atomic E-state index is -0.201. The summed E-state index contributed by atoms with van der Waals surface area (Å²) in [6, 6.07) is 9.24. The summed E-state index contributed by atoms with van der Waals surface area (Å²) < 4.78 is 0. The van der Waals surface area contributed by atoms with Crippen molar-refractivity contribution in [3.8, 4) is 0 Å². The predicted octanol–water partition coefficient (Wildman–Crippen LogP) is 2.30. The van der Waals surface area contributed by atoms with E-state index in [9.17, 15) is 4.79 Å². The number of hydrogen-bond acceptors (Lipinski definition) is 2. The third kappa shape index (κ3) is 1.77. The van der Waals surface area contributed by atoms with Crippen molar-refractivity contribution in [1.29, 1.82) is 0 Å². The highest BCUT2D eigenvalue weighted by Gasteiger charge is 2.34. The number of hydrazone groups is 1. The number of hydrogen-bond donors (Lipinski definition) is 0. The molecule has 1 aliphatic rings. The SMILES string of the molecule is CC1(C)CC=NN1C(=O)c1ccccc1. The quantitative estimate of drug-likeness (QED) is 0.687. The third-order valence-corrected chi connectivity index (χ3v) is 2.57. The number of nitrogens with zero attached hydrogens (tertiary/aromatic N) is 2. The van der Waals surface area contributed by atoms with Gasteiger partial charge >= 0.3 is 0 Å². The summed E-state index contributed by atoms with van der Waals surface area (Å²) in [6.07, 6.45) is 2.60. The molecule has 0 aliphatic carbocycles. The number of amides is 1. The molecule has 3 heteroatoms. The molecule has 2 rings (SSSR count). The van der Waals surface area contributed by atoms with Crippen LogP contribution in [0.2, 0.25) is 0 Å². The Kier molecular flexibility index (Phi) is 2.31. The Morgan fingerprint density at radius 1 is 1.33 bits per heavy atom. The highest BCUT2D eigenvalue weighted by molar-refractivity contribution is 5.95. The molecule has 0 N–H and O–H groups in total. The lowest BCUT2D eigenvalue weighted by molar-refractivity contribution is 0.0612. The van der Waals surface area contributed by atoms with Gasteiger partial charge in [0.25, 0.3) is 5.91 Å². The molecule has 1 aliphatic heterocycles. The normalized spacial score (nSPS) is 18.1. The lowest BCUT2D eigenvalue weighted by Crippen LogP contribution is -2.40. The van der Waals surface area contributed by atoms with Gasteiger partial charge < -0.3 is 0 Å². The zero-order valence-corrected chi connectivity index (χ0v) is 8.97.